The zero-order valence-electron chi connectivity index (χ0n) is 16.6. The van der Waals surface area contributed by atoms with Crippen LogP contribution in [0.3, 0.4) is 0 Å². The van der Waals surface area contributed by atoms with E-state index < -0.39 is 10.0 Å². The van der Waals surface area contributed by atoms with Crippen molar-refractivity contribution in [2.45, 2.75) is 24.3 Å². The normalized spacial score (nSPS) is 14.0. The van der Waals surface area contributed by atoms with E-state index in [4.69, 9.17) is 16.3 Å². The van der Waals surface area contributed by atoms with Crippen molar-refractivity contribution in [3.63, 3.8) is 0 Å². The molecular formula is C23H21ClN2O4S. The SMILES string of the molecule is O=C1CCCN1c1ccc(S(=O)(=O)Nc2ccc(OCc3ccc(Cl)cc3)cc2)cc1. The number of hydrogen-bond donors (Lipinski definition) is 1. The Hall–Kier alpha value is -3.03. The van der Waals surface area contributed by atoms with Gasteiger partial charge in [0.25, 0.3) is 10.0 Å². The topological polar surface area (TPSA) is 75.7 Å². The number of benzene rings is 3. The van der Waals surface area contributed by atoms with Gasteiger partial charge in [0.15, 0.2) is 0 Å². The fourth-order valence-corrected chi connectivity index (χ4v) is 4.49. The number of amides is 1. The molecule has 0 spiro atoms. The molecule has 1 N–H and O–H groups in total. The van der Waals surface area contributed by atoms with Crippen molar-refractivity contribution in [3.05, 3.63) is 83.4 Å². The molecule has 0 bridgehead atoms. The number of anilines is 2. The van der Waals surface area contributed by atoms with Gasteiger partial charge in [-0.05, 0) is 72.6 Å². The highest BCUT2D eigenvalue weighted by Gasteiger charge is 2.22. The van der Waals surface area contributed by atoms with Gasteiger partial charge >= 0.3 is 0 Å². The smallest absolute Gasteiger partial charge is 0.261 e. The van der Waals surface area contributed by atoms with Crippen LogP contribution in [0, 0.1) is 0 Å². The van der Waals surface area contributed by atoms with Gasteiger partial charge in [-0.15, -0.1) is 0 Å². The third-order valence-electron chi connectivity index (χ3n) is 4.96. The molecule has 3 aromatic carbocycles. The maximum absolute atomic E-state index is 12.7. The van der Waals surface area contributed by atoms with Crippen LogP contribution >= 0.6 is 11.6 Å². The van der Waals surface area contributed by atoms with Gasteiger partial charge in [0, 0.05) is 29.4 Å². The highest BCUT2D eigenvalue weighted by Crippen LogP contribution is 2.25. The molecule has 1 heterocycles. The Morgan fingerprint density at radius 3 is 2.23 bits per heavy atom. The molecule has 1 aliphatic rings. The van der Waals surface area contributed by atoms with Crippen molar-refractivity contribution in [1.29, 1.82) is 0 Å². The Bertz CT molecular complexity index is 1160. The van der Waals surface area contributed by atoms with Crippen LogP contribution in [0.4, 0.5) is 11.4 Å². The van der Waals surface area contributed by atoms with E-state index in [1.807, 2.05) is 12.1 Å². The predicted octanol–water partition coefficient (Wildman–Crippen LogP) is 4.85. The monoisotopic (exact) mass is 456 g/mol. The number of rotatable bonds is 7. The molecular weight excluding hydrogens is 436 g/mol. The van der Waals surface area contributed by atoms with E-state index >= 15 is 0 Å². The zero-order valence-corrected chi connectivity index (χ0v) is 18.2. The van der Waals surface area contributed by atoms with Crippen LogP contribution in [0.25, 0.3) is 0 Å². The highest BCUT2D eigenvalue weighted by atomic mass is 35.5. The molecule has 0 aliphatic carbocycles. The predicted molar refractivity (Wildman–Crippen MR) is 121 cm³/mol. The molecule has 1 aliphatic heterocycles. The Labute approximate surface area is 186 Å². The molecule has 3 aromatic rings. The van der Waals surface area contributed by atoms with Gasteiger partial charge in [0.1, 0.15) is 12.4 Å². The van der Waals surface area contributed by atoms with Crippen LogP contribution < -0.4 is 14.4 Å². The van der Waals surface area contributed by atoms with Gasteiger partial charge in [-0.1, -0.05) is 23.7 Å². The number of hydrogen-bond acceptors (Lipinski definition) is 4. The second kappa shape index (κ2) is 8.99. The van der Waals surface area contributed by atoms with Crippen LogP contribution in [0.5, 0.6) is 5.75 Å². The number of carbonyl (C=O) groups excluding carboxylic acids is 1. The summed E-state index contributed by atoms with van der Waals surface area (Å²) in [5.41, 5.74) is 2.12. The Morgan fingerprint density at radius 1 is 0.935 bits per heavy atom. The second-order valence-corrected chi connectivity index (χ2v) is 9.31. The highest BCUT2D eigenvalue weighted by molar-refractivity contribution is 7.92. The zero-order chi connectivity index (χ0) is 21.8. The van der Waals surface area contributed by atoms with Gasteiger partial charge in [-0.25, -0.2) is 8.42 Å². The Balaban J connectivity index is 1.38. The molecule has 6 nitrogen and oxygen atoms in total. The third kappa shape index (κ3) is 5.18. The van der Waals surface area contributed by atoms with Crippen LogP contribution in [0.1, 0.15) is 18.4 Å². The number of ether oxygens (including phenoxy) is 1. The van der Waals surface area contributed by atoms with Crippen LogP contribution in [0.2, 0.25) is 5.02 Å². The fourth-order valence-electron chi connectivity index (χ4n) is 3.31. The molecule has 0 saturated carbocycles. The summed E-state index contributed by atoms with van der Waals surface area (Å²) in [6.07, 6.45) is 1.35. The Kier molecular flexibility index (Phi) is 6.15. The van der Waals surface area contributed by atoms with E-state index in [0.29, 0.717) is 41.7 Å². The van der Waals surface area contributed by atoms with Crippen molar-refractivity contribution < 1.29 is 17.9 Å². The fraction of sp³-hybridized carbons (Fsp3) is 0.174. The van der Waals surface area contributed by atoms with Gasteiger partial charge in [-0.2, -0.15) is 0 Å². The Morgan fingerprint density at radius 2 is 1.61 bits per heavy atom. The van der Waals surface area contributed by atoms with E-state index in [1.54, 1.807) is 53.4 Å². The summed E-state index contributed by atoms with van der Waals surface area (Å²) in [6.45, 7) is 1.05. The van der Waals surface area contributed by atoms with Crippen molar-refractivity contribution in [1.82, 2.24) is 0 Å². The minimum absolute atomic E-state index is 0.0621. The second-order valence-electron chi connectivity index (χ2n) is 7.19. The largest absolute Gasteiger partial charge is 0.489 e. The summed E-state index contributed by atoms with van der Waals surface area (Å²) >= 11 is 5.87. The summed E-state index contributed by atoms with van der Waals surface area (Å²) in [5.74, 6) is 0.685. The van der Waals surface area contributed by atoms with E-state index in [2.05, 4.69) is 4.72 Å². The van der Waals surface area contributed by atoms with E-state index in [0.717, 1.165) is 12.0 Å². The van der Waals surface area contributed by atoms with Crippen molar-refractivity contribution in [2.24, 2.45) is 0 Å². The van der Waals surface area contributed by atoms with Crippen LogP contribution in [0.15, 0.2) is 77.7 Å². The summed E-state index contributed by atoms with van der Waals surface area (Å²) < 4.78 is 33.7. The lowest BCUT2D eigenvalue weighted by atomic mass is 10.2. The summed E-state index contributed by atoms with van der Waals surface area (Å²) in [5, 5.41) is 0.666. The first-order chi connectivity index (χ1) is 14.9. The summed E-state index contributed by atoms with van der Waals surface area (Å²) in [4.78, 5) is 13.6. The molecule has 1 amide bonds. The first-order valence-corrected chi connectivity index (χ1v) is 11.7. The molecule has 0 unspecified atom stereocenters. The average Bonchev–Trinajstić information content (AvgIpc) is 3.20. The number of nitrogens with zero attached hydrogens (tertiary/aromatic N) is 1. The van der Waals surface area contributed by atoms with Crippen LogP contribution in [-0.2, 0) is 21.4 Å². The quantitative estimate of drug-likeness (QED) is 0.551. The molecule has 8 heteroatoms. The van der Waals surface area contributed by atoms with Gasteiger partial charge in [0.2, 0.25) is 5.91 Å². The minimum atomic E-state index is -3.75. The molecule has 0 radical (unpaired) electrons. The van der Waals surface area contributed by atoms with E-state index in [-0.39, 0.29) is 10.8 Å². The van der Waals surface area contributed by atoms with Crippen molar-refractivity contribution in [2.75, 3.05) is 16.2 Å². The summed E-state index contributed by atoms with van der Waals surface area (Å²) in [7, 11) is -3.75. The lowest BCUT2D eigenvalue weighted by molar-refractivity contribution is -0.117. The van der Waals surface area contributed by atoms with Crippen molar-refractivity contribution in [3.8, 4) is 5.75 Å². The molecule has 4 rings (SSSR count). The lowest BCUT2D eigenvalue weighted by Gasteiger charge is -2.16. The van der Waals surface area contributed by atoms with E-state index in [9.17, 15) is 13.2 Å². The third-order valence-corrected chi connectivity index (χ3v) is 6.61. The maximum atomic E-state index is 12.7. The van der Waals surface area contributed by atoms with Crippen LogP contribution in [-0.4, -0.2) is 20.9 Å². The molecule has 1 fully saturated rings. The molecule has 1 saturated heterocycles. The number of nitrogens with one attached hydrogen (secondary N) is 1. The molecule has 0 aromatic heterocycles. The van der Waals surface area contributed by atoms with Gasteiger partial charge in [0.05, 0.1) is 4.90 Å². The molecule has 0 atom stereocenters. The van der Waals surface area contributed by atoms with E-state index in [1.165, 1.54) is 12.1 Å². The first kappa shape index (κ1) is 21.2. The van der Waals surface area contributed by atoms with Gasteiger partial charge in [-0.3, -0.25) is 9.52 Å². The standard InChI is InChI=1S/C23H21ClN2O4S/c24-18-5-3-17(4-6-18)16-30-21-11-7-19(8-12-21)25-31(28,29)22-13-9-20(10-14-22)26-15-1-2-23(26)27/h3-14,25H,1-2,15-16H2. The number of sulfonamides is 1. The number of carbonyl (C=O) groups is 1. The minimum Gasteiger partial charge on any atom is -0.489 e. The average molecular weight is 457 g/mol. The number of halogens is 1. The maximum Gasteiger partial charge on any atom is 0.261 e. The summed E-state index contributed by atoms with van der Waals surface area (Å²) in [6, 6.07) is 20.4. The molecule has 31 heavy (non-hydrogen) atoms. The lowest BCUT2D eigenvalue weighted by Crippen LogP contribution is -2.23. The molecule has 160 valence electrons. The van der Waals surface area contributed by atoms with Crippen molar-refractivity contribution >= 4 is 38.9 Å². The van der Waals surface area contributed by atoms with Gasteiger partial charge < -0.3 is 9.64 Å². The first-order valence-electron chi connectivity index (χ1n) is 9.81.